The van der Waals surface area contributed by atoms with Crippen LogP contribution in [0.4, 0.5) is 11.5 Å². The van der Waals surface area contributed by atoms with Gasteiger partial charge in [0.25, 0.3) is 11.6 Å². The number of nitro groups is 1. The van der Waals surface area contributed by atoms with Gasteiger partial charge in [0.15, 0.2) is 0 Å². The van der Waals surface area contributed by atoms with Crippen LogP contribution in [-0.4, -0.2) is 33.8 Å². The molecule has 0 aromatic carbocycles. The minimum Gasteiger partial charge on any atom is -0.383 e. The van der Waals surface area contributed by atoms with Crippen LogP contribution in [0.15, 0.2) is 12.3 Å². The van der Waals surface area contributed by atoms with Gasteiger partial charge in [-0.15, -0.1) is 0 Å². The number of anilines is 1. The molecule has 1 fully saturated rings. The fourth-order valence-corrected chi connectivity index (χ4v) is 2.74. The lowest BCUT2D eigenvalue weighted by Gasteiger charge is -2.27. The number of hydrogen-bond acceptors (Lipinski definition) is 5. The molecule has 0 radical (unpaired) electrons. The van der Waals surface area contributed by atoms with Crippen LogP contribution in [0.5, 0.6) is 0 Å². The Morgan fingerprint density at radius 3 is 2.57 bits per heavy atom. The number of hydrogen-bond donors (Lipinski definition) is 1. The molecule has 2 N–H and O–H groups in total. The first-order valence-electron chi connectivity index (χ1n) is 7.17. The third-order valence-electron chi connectivity index (χ3n) is 4.04. The summed E-state index contributed by atoms with van der Waals surface area (Å²) >= 11 is 0. The van der Waals surface area contributed by atoms with E-state index in [4.69, 9.17) is 5.73 Å². The molecule has 21 heavy (non-hydrogen) atoms. The summed E-state index contributed by atoms with van der Waals surface area (Å²) in [6.07, 6.45) is 7.58. The second-order valence-corrected chi connectivity index (χ2v) is 5.44. The topological polar surface area (TPSA) is 102 Å². The maximum absolute atomic E-state index is 12.5. The highest BCUT2D eigenvalue weighted by Crippen LogP contribution is 2.24. The fraction of sp³-hybridized carbons (Fsp3) is 0.571. The van der Waals surface area contributed by atoms with E-state index in [9.17, 15) is 14.9 Å². The van der Waals surface area contributed by atoms with Crippen molar-refractivity contribution in [2.24, 2.45) is 0 Å². The number of carbonyl (C=O) groups is 1. The van der Waals surface area contributed by atoms with Crippen molar-refractivity contribution in [3.05, 3.63) is 27.9 Å². The van der Waals surface area contributed by atoms with E-state index in [0.717, 1.165) is 31.9 Å². The van der Waals surface area contributed by atoms with Crippen molar-refractivity contribution in [2.75, 3.05) is 12.8 Å². The number of amides is 1. The van der Waals surface area contributed by atoms with Gasteiger partial charge in [0.1, 0.15) is 12.0 Å². The van der Waals surface area contributed by atoms with Gasteiger partial charge in [-0.25, -0.2) is 4.98 Å². The van der Waals surface area contributed by atoms with Crippen molar-refractivity contribution < 1.29 is 9.72 Å². The van der Waals surface area contributed by atoms with Crippen LogP contribution >= 0.6 is 0 Å². The van der Waals surface area contributed by atoms with Crippen molar-refractivity contribution in [3.63, 3.8) is 0 Å². The van der Waals surface area contributed by atoms with Gasteiger partial charge in [-0.1, -0.05) is 25.7 Å². The molecule has 1 aliphatic carbocycles. The van der Waals surface area contributed by atoms with E-state index in [1.54, 1.807) is 11.9 Å². The third kappa shape index (κ3) is 3.48. The van der Waals surface area contributed by atoms with Crippen LogP contribution in [-0.2, 0) is 0 Å². The molecule has 1 aromatic rings. The summed E-state index contributed by atoms with van der Waals surface area (Å²) in [5.74, 6) is -0.262. The van der Waals surface area contributed by atoms with Gasteiger partial charge in [0.2, 0.25) is 0 Å². The summed E-state index contributed by atoms with van der Waals surface area (Å²) < 4.78 is 0. The average molecular weight is 292 g/mol. The van der Waals surface area contributed by atoms with Gasteiger partial charge in [-0.2, -0.15) is 0 Å². The lowest BCUT2D eigenvalue weighted by atomic mass is 10.1. The maximum Gasteiger partial charge on any atom is 0.288 e. The quantitative estimate of drug-likeness (QED) is 0.523. The number of pyridine rings is 1. The Hall–Kier alpha value is -2.18. The van der Waals surface area contributed by atoms with Crippen LogP contribution in [0.2, 0.25) is 0 Å². The highest BCUT2D eigenvalue weighted by atomic mass is 16.6. The molecule has 0 spiro atoms. The zero-order chi connectivity index (χ0) is 15.4. The second kappa shape index (κ2) is 6.51. The van der Waals surface area contributed by atoms with Gasteiger partial charge < -0.3 is 10.6 Å². The van der Waals surface area contributed by atoms with E-state index in [1.165, 1.54) is 18.9 Å². The van der Waals surface area contributed by atoms with Crippen LogP contribution in [0, 0.1) is 10.1 Å². The Morgan fingerprint density at radius 2 is 2.00 bits per heavy atom. The standard InChI is InChI=1S/C14H20N4O3/c1-17(10-6-4-2-3-5-7-10)14(19)12-8-11(18(20)21)9-16-13(12)15/h8-10H,2-7H2,1H3,(H2,15,16). The Kier molecular flexibility index (Phi) is 4.72. The Bertz CT molecular complexity index is 539. The summed E-state index contributed by atoms with van der Waals surface area (Å²) in [6.45, 7) is 0. The molecule has 1 aliphatic rings. The highest BCUT2D eigenvalue weighted by molar-refractivity contribution is 5.98. The smallest absolute Gasteiger partial charge is 0.288 e. The molecule has 0 bridgehead atoms. The molecule has 1 aromatic heterocycles. The van der Waals surface area contributed by atoms with Gasteiger partial charge >= 0.3 is 0 Å². The second-order valence-electron chi connectivity index (χ2n) is 5.44. The van der Waals surface area contributed by atoms with E-state index in [0.29, 0.717) is 0 Å². The van der Waals surface area contributed by atoms with Crippen molar-refractivity contribution in [1.29, 1.82) is 0 Å². The van der Waals surface area contributed by atoms with Gasteiger partial charge in [-0.3, -0.25) is 14.9 Å². The zero-order valence-corrected chi connectivity index (χ0v) is 12.1. The summed E-state index contributed by atoms with van der Waals surface area (Å²) in [5.41, 5.74) is 5.59. The first-order valence-corrected chi connectivity index (χ1v) is 7.17. The first-order chi connectivity index (χ1) is 10.0. The summed E-state index contributed by atoms with van der Waals surface area (Å²) in [5, 5.41) is 10.8. The summed E-state index contributed by atoms with van der Waals surface area (Å²) in [4.78, 5) is 28.2. The predicted molar refractivity (Wildman–Crippen MR) is 78.9 cm³/mol. The number of carbonyl (C=O) groups excluding carboxylic acids is 1. The summed E-state index contributed by atoms with van der Waals surface area (Å²) in [7, 11) is 1.73. The fourth-order valence-electron chi connectivity index (χ4n) is 2.74. The molecule has 0 aliphatic heterocycles. The monoisotopic (exact) mass is 292 g/mol. The highest BCUT2D eigenvalue weighted by Gasteiger charge is 2.25. The Morgan fingerprint density at radius 1 is 1.38 bits per heavy atom. The molecule has 1 amide bonds. The van der Waals surface area contributed by atoms with E-state index >= 15 is 0 Å². The van der Waals surface area contributed by atoms with Crippen molar-refractivity contribution in [1.82, 2.24) is 9.88 Å². The van der Waals surface area contributed by atoms with E-state index < -0.39 is 4.92 Å². The van der Waals surface area contributed by atoms with Gasteiger partial charge in [0, 0.05) is 19.2 Å². The van der Waals surface area contributed by atoms with Crippen molar-refractivity contribution >= 4 is 17.4 Å². The molecule has 114 valence electrons. The lowest BCUT2D eigenvalue weighted by Crippen LogP contribution is -2.37. The molecule has 0 saturated heterocycles. The molecule has 0 atom stereocenters. The number of rotatable bonds is 3. The first kappa shape index (κ1) is 15.2. The largest absolute Gasteiger partial charge is 0.383 e. The average Bonchev–Trinajstić information content (AvgIpc) is 2.75. The molecule has 1 saturated carbocycles. The molecule has 0 unspecified atom stereocenters. The van der Waals surface area contributed by atoms with Gasteiger partial charge in [0.05, 0.1) is 10.5 Å². The van der Waals surface area contributed by atoms with E-state index in [-0.39, 0.29) is 29.0 Å². The van der Waals surface area contributed by atoms with Crippen molar-refractivity contribution in [2.45, 2.75) is 44.6 Å². The SMILES string of the molecule is CN(C(=O)c1cc([N+](=O)[O-])cnc1N)C1CCCCCC1. The van der Waals surface area contributed by atoms with Crippen LogP contribution in [0.25, 0.3) is 0 Å². The number of nitrogens with two attached hydrogens (primary N) is 1. The zero-order valence-electron chi connectivity index (χ0n) is 12.1. The van der Waals surface area contributed by atoms with Crippen molar-refractivity contribution in [3.8, 4) is 0 Å². The Balaban J connectivity index is 2.21. The third-order valence-corrected chi connectivity index (χ3v) is 4.04. The number of aromatic nitrogens is 1. The Labute approximate surface area is 123 Å². The van der Waals surface area contributed by atoms with Gasteiger partial charge in [-0.05, 0) is 12.8 Å². The minimum absolute atomic E-state index is 0.0334. The lowest BCUT2D eigenvalue weighted by molar-refractivity contribution is -0.385. The normalized spacial score (nSPS) is 16.2. The number of nitrogen functional groups attached to an aromatic ring is 1. The predicted octanol–water partition coefficient (Wildman–Crippen LogP) is 2.37. The summed E-state index contributed by atoms with van der Waals surface area (Å²) in [6, 6.07) is 1.37. The molecular weight excluding hydrogens is 272 g/mol. The molecule has 7 heteroatoms. The van der Waals surface area contributed by atoms with Crippen LogP contribution < -0.4 is 5.73 Å². The van der Waals surface area contributed by atoms with E-state index in [1.807, 2.05) is 0 Å². The van der Waals surface area contributed by atoms with E-state index in [2.05, 4.69) is 4.98 Å². The molecule has 2 rings (SSSR count). The van der Waals surface area contributed by atoms with Crippen LogP contribution in [0.3, 0.4) is 0 Å². The van der Waals surface area contributed by atoms with Crippen LogP contribution in [0.1, 0.15) is 48.9 Å². The molecule has 1 heterocycles. The number of nitrogens with zero attached hydrogens (tertiary/aromatic N) is 3. The maximum atomic E-state index is 12.5. The minimum atomic E-state index is -0.575. The molecular formula is C14H20N4O3. The molecule has 7 nitrogen and oxygen atoms in total.